The Balaban J connectivity index is 1.32. The molecule has 0 saturated heterocycles. The summed E-state index contributed by atoms with van der Waals surface area (Å²) in [5.74, 6) is -0.310. The van der Waals surface area contributed by atoms with Gasteiger partial charge in [-0.15, -0.1) is 5.10 Å². The van der Waals surface area contributed by atoms with E-state index in [4.69, 9.17) is 4.74 Å². The Bertz CT molecular complexity index is 1310. The first-order valence-corrected chi connectivity index (χ1v) is 9.98. The maximum Gasteiger partial charge on any atom is 0.274 e. The van der Waals surface area contributed by atoms with Crippen LogP contribution in [0.3, 0.4) is 0 Å². The number of aromatic nitrogens is 5. The third-order valence-corrected chi connectivity index (χ3v) is 5.21. The number of fused-ring (bicyclic) bond motifs is 2. The van der Waals surface area contributed by atoms with Crippen LogP contribution >= 0.6 is 0 Å². The highest BCUT2D eigenvalue weighted by Crippen LogP contribution is 2.33. The second kappa shape index (κ2) is 8.06. The van der Waals surface area contributed by atoms with Crippen molar-refractivity contribution in [2.45, 2.75) is 12.6 Å². The largest absolute Gasteiger partial charge is 0.489 e. The molecule has 0 spiro atoms. The number of carbonyl (C=O) groups is 2. The van der Waals surface area contributed by atoms with E-state index < -0.39 is 11.9 Å². The number of hydrogen-bond donors (Lipinski definition) is 1. The molecule has 0 fully saturated rings. The fourth-order valence-electron chi connectivity index (χ4n) is 3.54. The zero-order chi connectivity index (χ0) is 22.1. The van der Waals surface area contributed by atoms with E-state index in [1.165, 1.54) is 4.90 Å². The lowest BCUT2D eigenvalue weighted by Gasteiger charge is -2.20. The first-order chi connectivity index (χ1) is 15.6. The highest BCUT2D eigenvalue weighted by molar-refractivity contribution is 6.03. The molecule has 0 unspecified atom stereocenters. The third kappa shape index (κ3) is 3.73. The summed E-state index contributed by atoms with van der Waals surface area (Å²) in [4.78, 5) is 35.7. The predicted octanol–water partition coefficient (Wildman–Crippen LogP) is 1.42. The highest BCUT2D eigenvalue weighted by Gasteiger charge is 2.31. The molecule has 5 rings (SSSR count). The van der Waals surface area contributed by atoms with Crippen LogP contribution in [0.4, 0.5) is 5.69 Å². The lowest BCUT2D eigenvalue weighted by molar-refractivity contribution is -0.120. The van der Waals surface area contributed by atoms with Crippen molar-refractivity contribution in [3.63, 3.8) is 0 Å². The van der Waals surface area contributed by atoms with Crippen LogP contribution in [0, 0.1) is 0 Å². The number of nitrogens with one attached hydrogen (secondary N) is 1. The number of ether oxygens (including phenoxy) is 1. The van der Waals surface area contributed by atoms with Gasteiger partial charge in [-0.3, -0.25) is 19.6 Å². The van der Waals surface area contributed by atoms with Crippen molar-refractivity contribution in [3.05, 3.63) is 72.3 Å². The average Bonchev–Trinajstić information content (AvgIpc) is 3.25. The van der Waals surface area contributed by atoms with E-state index in [-0.39, 0.29) is 18.2 Å². The molecule has 0 aliphatic carbocycles. The van der Waals surface area contributed by atoms with E-state index in [9.17, 15) is 9.59 Å². The molecule has 1 aliphatic heterocycles. The second-order valence-corrected chi connectivity index (χ2v) is 7.39. The van der Waals surface area contributed by atoms with Gasteiger partial charge in [-0.05, 0) is 11.6 Å². The topological polar surface area (TPSA) is 115 Å². The summed E-state index contributed by atoms with van der Waals surface area (Å²) < 4.78 is 7.42. The van der Waals surface area contributed by atoms with E-state index in [1.807, 2.05) is 30.3 Å². The standard InChI is InChI=1S/C22H19N7O3/c1-28-19-9-15-16(24-8-7-23-15)10-20(19)32-13-18(22(28)31)25-21(30)17-12-29(27-26-17)11-14-5-3-2-4-6-14/h2-10,12,18H,11,13H2,1H3,(H,25,30)/t18-/m0/s1. The van der Waals surface area contributed by atoms with Gasteiger partial charge < -0.3 is 15.0 Å². The van der Waals surface area contributed by atoms with Gasteiger partial charge in [0.15, 0.2) is 5.69 Å². The van der Waals surface area contributed by atoms with Gasteiger partial charge in [-0.2, -0.15) is 0 Å². The van der Waals surface area contributed by atoms with Crippen LogP contribution in [0.2, 0.25) is 0 Å². The average molecular weight is 429 g/mol. The van der Waals surface area contributed by atoms with Gasteiger partial charge in [-0.25, -0.2) is 4.68 Å². The van der Waals surface area contributed by atoms with Crippen LogP contribution < -0.4 is 15.0 Å². The molecular weight excluding hydrogens is 410 g/mol. The van der Waals surface area contributed by atoms with Crippen molar-refractivity contribution in [1.29, 1.82) is 0 Å². The molecule has 32 heavy (non-hydrogen) atoms. The van der Waals surface area contributed by atoms with Crippen LogP contribution in [0.1, 0.15) is 16.1 Å². The third-order valence-electron chi connectivity index (χ3n) is 5.21. The van der Waals surface area contributed by atoms with E-state index >= 15 is 0 Å². The van der Waals surface area contributed by atoms with Gasteiger partial charge >= 0.3 is 0 Å². The van der Waals surface area contributed by atoms with Gasteiger partial charge in [0.25, 0.3) is 11.8 Å². The number of benzene rings is 2. The quantitative estimate of drug-likeness (QED) is 0.522. The van der Waals surface area contributed by atoms with E-state index in [1.54, 1.807) is 42.5 Å². The molecule has 1 N–H and O–H groups in total. The summed E-state index contributed by atoms with van der Waals surface area (Å²) in [7, 11) is 1.63. The van der Waals surface area contributed by atoms with Crippen molar-refractivity contribution >= 4 is 28.5 Å². The summed E-state index contributed by atoms with van der Waals surface area (Å²) in [6.07, 6.45) is 4.73. The van der Waals surface area contributed by atoms with Gasteiger partial charge in [0.05, 0.1) is 29.5 Å². The Kier molecular flexibility index (Phi) is 4.94. The predicted molar refractivity (Wildman–Crippen MR) is 115 cm³/mol. The number of nitrogens with zero attached hydrogens (tertiary/aromatic N) is 6. The number of hydrogen-bond acceptors (Lipinski definition) is 7. The molecule has 2 amide bonds. The first-order valence-electron chi connectivity index (χ1n) is 9.98. The lowest BCUT2D eigenvalue weighted by Crippen LogP contribution is -2.49. The van der Waals surface area contributed by atoms with Crippen LogP contribution in [0.15, 0.2) is 61.1 Å². The van der Waals surface area contributed by atoms with Crippen LogP contribution in [-0.4, -0.2) is 56.5 Å². The fraction of sp³-hybridized carbons (Fsp3) is 0.182. The molecular formula is C22H19N7O3. The molecule has 160 valence electrons. The minimum Gasteiger partial charge on any atom is -0.489 e. The van der Waals surface area contributed by atoms with E-state index in [2.05, 4.69) is 25.6 Å². The minimum atomic E-state index is -0.886. The normalized spacial score (nSPS) is 15.7. The van der Waals surface area contributed by atoms with Crippen molar-refractivity contribution < 1.29 is 14.3 Å². The number of carbonyl (C=O) groups excluding carboxylic acids is 2. The number of amides is 2. The van der Waals surface area contributed by atoms with Crippen molar-refractivity contribution in [3.8, 4) is 5.75 Å². The molecule has 4 aromatic rings. The SMILES string of the molecule is CN1C(=O)[C@@H](NC(=O)c2cn(Cc3ccccc3)nn2)COc2cc3nccnc3cc21. The first kappa shape index (κ1) is 19.6. The minimum absolute atomic E-state index is 0.0220. The number of rotatable bonds is 4. The number of anilines is 1. The molecule has 1 aliphatic rings. The van der Waals surface area contributed by atoms with E-state index in [0.29, 0.717) is 29.0 Å². The maximum atomic E-state index is 13.0. The van der Waals surface area contributed by atoms with Crippen LogP contribution in [0.25, 0.3) is 11.0 Å². The van der Waals surface area contributed by atoms with Crippen molar-refractivity contribution in [1.82, 2.24) is 30.3 Å². The van der Waals surface area contributed by atoms with Gasteiger partial charge in [0.1, 0.15) is 18.4 Å². The molecule has 2 aromatic carbocycles. The van der Waals surface area contributed by atoms with Crippen molar-refractivity contribution in [2.24, 2.45) is 0 Å². The fourth-order valence-corrected chi connectivity index (χ4v) is 3.54. The lowest BCUT2D eigenvalue weighted by atomic mass is 10.2. The molecule has 0 bridgehead atoms. The summed E-state index contributed by atoms with van der Waals surface area (Å²) >= 11 is 0. The molecule has 1 atom stereocenters. The van der Waals surface area contributed by atoms with Gasteiger partial charge in [-0.1, -0.05) is 35.5 Å². The Morgan fingerprint density at radius 1 is 1.16 bits per heavy atom. The molecule has 2 aromatic heterocycles. The summed E-state index contributed by atoms with van der Waals surface area (Å²) in [6, 6.07) is 12.3. The maximum absolute atomic E-state index is 13.0. The molecule has 10 heteroatoms. The van der Waals surface area contributed by atoms with Gasteiger partial charge in [0, 0.05) is 25.5 Å². The number of likely N-dealkylation sites (N-methyl/N-ethyl adjacent to an activating group) is 1. The zero-order valence-electron chi connectivity index (χ0n) is 17.2. The highest BCUT2D eigenvalue weighted by atomic mass is 16.5. The van der Waals surface area contributed by atoms with Crippen LogP contribution in [0.5, 0.6) is 5.75 Å². The van der Waals surface area contributed by atoms with Gasteiger partial charge in [0.2, 0.25) is 0 Å². The van der Waals surface area contributed by atoms with E-state index in [0.717, 1.165) is 5.56 Å². The Morgan fingerprint density at radius 3 is 2.69 bits per heavy atom. The molecule has 0 saturated carbocycles. The Hall–Kier alpha value is -4.34. The smallest absolute Gasteiger partial charge is 0.274 e. The van der Waals surface area contributed by atoms with Crippen LogP contribution in [-0.2, 0) is 11.3 Å². The molecule has 3 heterocycles. The monoisotopic (exact) mass is 429 g/mol. The molecule has 0 radical (unpaired) electrons. The molecule has 10 nitrogen and oxygen atoms in total. The Labute approximate surface area is 182 Å². The second-order valence-electron chi connectivity index (χ2n) is 7.39. The summed E-state index contributed by atoms with van der Waals surface area (Å²) in [6.45, 7) is 0.464. The summed E-state index contributed by atoms with van der Waals surface area (Å²) in [5.41, 5.74) is 3.02. The summed E-state index contributed by atoms with van der Waals surface area (Å²) in [5, 5.41) is 10.7. The Morgan fingerprint density at radius 2 is 1.91 bits per heavy atom. The van der Waals surface area contributed by atoms with Crippen molar-refractivity contribution in [2.75, 3.05) is 18.6 Å². The zero-order valence-corrected chi connectivity index (χ0v) is 17.2.